The van der Waals surface area contributed by atoms with Crippen molar-refractivity contribution in [1.29, 1.82) is 0 Å². The minimum absolute atomic E-state index is 0.0400. The Balaban J connectivity index is 4.46. The van der Waals surface area contributed by atoms with Crippen LogP contribution in [0.3, 0.4) is 0 Å². The van der Waals surface area contributed by atoms with Gasteiger partial charge in [0.1, 0.15) is 6.61 Å². The van der Waals surface area contributed by atoms with Crippen LogP contribution in [0.4, 0.5) is 0 Å². The molecule has 0 N–H and O–H groups in total. The first-order valence-corrected chi connectivity index (χ1v) is 8.09. The summed E-state index contributed by atoms with van der Waals surface area (Å²) in [5.74, 6) is 0.267. The van der Waals surface area contributed by atoms with Crippen molar-refractivity contribution in [3.05, 3.63) is 0 Å². The fourth-order valence-electron chi connectivity index (χ4n) is 2.67. The van der Waals surface area contributed by atoms with Gasteiger partial charge in [-0.25, -0.2) is 0 Å². The van der Waals surface area contributed by atoms with E-state index in [1.807, 2.05) is 6.92 Å². The maximum atomic E-state index is 12.4. The van der Waals surface area contributed by atoms with E-state index in [4.69, 9.17) is 4.74 Å². The molecule has 0 saturated heterocycles. The fraction of sp³-hybridized carbons (Fsp3) is 0.941. The lowest BCUT2D eigenvalue weighted by Gasteiger charge is -2.33. The van der Waals surface area contributed by atoms with Gasteiger partial charge in [-0.1, -0.05) is 27.2 Å². The van der Waals surface area contributed by atoms with Crippen molar-refractivity contribution < 1.29 is 9.53 Å². The quantitative estimate of drug-likeness (QED) is 0.597. The van der Waals surface area contributed by atoms with E-state index in [1.165, 1.54) is 0 Å². The highest BCUT2D eigenvalue weighted by atomic mass is 16.5. The number of esters is 1. The first-order chi connectivity index (χ1) is 9.16. The van der Waals surface area contributed by atoms with Gasteiger partial charge in [0.2, 0.25) is 0 Å². The molecular formula is C17H35NO2. The summed E-state index contributed by atoms with van der Waals surface area (Å²) in [4.78, 5) is 14.7. The lowest BCUT2D eigenvalue weighted by molar-refractivity contribution is -0.159. The monoisotopic (exact) mass is 285 g/mol. The molecule has 0 aliphatic carbocycles. The molecule has 0 heterocycles. The lowest BCUT2D eigenvalue weighted by Crippen LogP contribution is -2.41. The molecular weight excluding hydrogens is 250 g/mol. The first kappa shape index (κ1) is 19.4. The van der Waals surface area contributed by atoms with Gasteiger partial charge in [-0.2, -0.15) is 0 Å². The highest BCUT2D eigenvalue weighted by molar-refractivity contribution is 5.76. The fourth-order valence-corrected chi connectivity index (χ4v) is 2.67. The molecule has 0 aliphatic heterocycles. The molecule has 0 fully saturated rings. The predicted molar refractivity (Wildman–Crippen MR) is 85.8 cm³/mol. The van der Waals surface area contributed by atoms with Crippen molar-refractivity contribution in [2.45, 2.75) is 80.3 Å². The molecule has 0 bridgehead atoms. The summed E-state index contributed by atoms with van der Waals surface area (Å²) < 4.78 is 5.57. The summed E-state index contributed by atoms with van der Waals surface area (Å²) >= 11 is 0. The molecule has 20 heavy (non-hydrogen) atoms. The number of hydrogen-bond donors (Lipinski definition) is 0. The van der Waals surface area contributed by atoms with Crippen LogP contribution in [0, 0.1) is 11.3 Å². The second-order valence-corrected chi connectivity index (χ2v) is 6.88. The Morgan fingerprint density at radius 2 is 1.60 bits per heavy atom. The van der Waals surface area contributed by atoms with Crippen LogP contribution in [0.25, 0.3) is 0 Å². The largest absolute Gasteiger partial charge is 0.464 e. The zero-order chi connectivity index (χ0) is 15.9. The highest BCUT2D eigenvalue weighted by Gasteiger charge is 2.37. The Labute approximate surface area is 126 Å². The van der Waals surface area contributed by atoms with E-state index in [9.17, 15) is 4.79 Å². The van der Waals surface area contributed by atoms with Crippen molar-refractivity contribution in [3.63, 3.8) is 0 Å². The Kier molecular flexibility index (Phi) is 8.41. The topological polar surface area (TPSA) is 29.5 Å². The molecule has 0 aliphatic rings. The molecule has 0 aromatic carbocycles. The van der Waals surface area contributed by atoms with Gasteiger partial charge in [0.25, 0.3) is 0 Å². The average Bonchev–Trinajstić information content (AvgIpc) is 2.33. The van der Waals surface area contributed by atoms with Gasteiger partial charge >= 0.3 is 5.97 Å². The summed E-state index contributed by atoms with van der Waals surface area (Å²) in [5, 5.41) is 0. The molecule has 3 nitrogen and oxygen atoms in total. The summed E-state index contributed by atoms with van der Waals surface area (Å²) in [6.45, 7) is 18.4. The third-order valence-corrected chi connectivity index (χ3v) is 4.42. The number of rotatable bonds is 9. The number of ether oxygens (including phenoxy) is 1. The number of carbonyl (C=O) groups is 1. The first-order valence-electron chi connectivity index (χ1n) is 8.09. The Bertz CT molecular complexity index is 279. The molecule has 1 atom stereocenters. The maximum absolute atomic E-state index is 12.4. The number of nitrogens with zero attached hydrogens (tertiary/aromatic N) is 1. The number of hydrogen-bond acceptors (Lipinski definition) is 3. The molecule has 1 unspecified atom stereocenters. The average molecular weight is 285 g/mol. The standard InChI is InChI=1S/C17H35NO2/c1-9-10-17(8,13(2)3)16(19)20-12-11-18(14(4)5)15(6)7/h13-15H,9-12H2,1-8H3. The second-order valence-electron chi connectivity index (χ2n) is 6.88. The molecule has 0 radical (unpaired) electrons. The molecule has 0 spiro atoms. The second kappa shape index (κ2) is 8.66. The van der Waals surface area contributed by atoms with Crippen molar-refractivity contribution in [2.75, 3.05) is 13.2 Å². The third-order valence-electron chi connectivity index (χ3n) is 4.42. The van der Waals surface area contributed by atoms with E-state index in [1.54, 1.807) is 0 Å². The van der Waals surface area contributed by atoms with Crippen molar-refractivity contribution in [1.82, 2.24) is 4.90 Å². The van der Waals surface area contributed by atoms with Crippen molar-refractivity contribution in [2.24, 2.45) is 11.3 Å². The van der Waals surface area contributed by atoms with Gasteiger partial charge in [-0.05, 0) is 47.0 Å². The van der Waals surface area contributed by atoms with Crippen molar-refractivity contribution >= 4 is 5.97 Å². The summed E-state index contributed by atoms with van der Waals surface area (Å²) in [5.41, 5.74) is -0.352. The Morgan fingerprint density at radius 1 is 1.10 bits per heavy atom. The third kappa shape index (κ3) is 5.43. The summed E-state index contributed by atoms with van der Waals surface area (Å²) in [6.07, 6.45) is 1.90. The zero-order valence-electron chi connectivity index (χ0n) is 14.8. The van der Waals surface area contributed by atoms with E-state index in [-0.39, 0.29) is 11.4 Å². The van der Waals surface area contributed by atoms with Crippen LogP contribution in [0.5, 0.6) is 0 Å². The van der Waals surface area contributed by atoms with E-state index in [0.29, 0.717) is 24.6 Å². The molecule has 0 amide bonds. The zero-order valence-corrected chi connectivity index (χ0v) is 14.8. The van der Waals surface area contributed by atoms with E-state index in [0.717, 1.165) is 19.4 Å². The molecule has 0 rings (SSSR count). The molecule has 0 saturated carbocycles. The van der Waals surface area contributed by atoms with E-state index < -0.39 is 0 Å². The van der Waals surface area contributed by atoms with E-state index in [2.05, 4.69) is 53.4 Å². The Hall–Kier alpha value is -0.570. The van der Waals surface area contributed by atoms with Gasteiger partial charge in [-0.3, -0.25) is 9.69 Å². The van der Waals surface area contributed by atoms with Crippen molar-refractivity contribution in [3.8, 4) is 0 Å². The normalized spacial score (nSPS) is 15.2. The van der Waals surface area contributed by atoms with Crippen LogP contribution in [0.1, 0.15) is 68.2 Å². The van der Waals surface area contributed by atoms with Gasteiger partial charge in [-0.15, -0.1) is 0 Å². The van der Waals surface area contributed by atoms with Crippen LogP contribution in [-0.2, 0) is 9.53 Å². The van der Waals surface area contributed by atoms with Crippen LogP contribution >= 0.6 is 0 Å². The highest BCUT2D eigenvalue weighted by Crippen LogP contribution is 2.33. The van der Waals surface area contributed by atoms with Crippen LogP contribution in [0.15, 0.2) is 0 Å². The van der Waals surface area contributed by atoms with E-state index >= 15 is 0 Å². The van der Waals surface area contributed by atoms with Crippen LogP contribution < -0.4 is 0 Å². The minimum atomic E-state index is -0.352. The summed E-state index contributed by atoms with van der Waals surface area (Å²) in [6, 6.07) is 0.946. The maximum Gasteiger partial charge on any atom is 0.312 e. The van der Waals surface area contributed by atoms with Gasteiger partial charge < -0.3 is 4.74 Å². The molecule has 0 aromatic heterocycles. The molecule has 120 valence electrons. The molecule has 3 heteroatoms. The van der Waals surface area contributed by atoms with Crippen LogP contribution in [0.2, 0.25) is 0 Å². The smallest absolute Gasteiger partial charge is 0.312 e. The minimum Gasteiger partial charge on any atom is -0.464 e. The lowest BCUT2D eigenvalue weighted by atomic mass is 9.75. The van der Waals surface area contributed by atoms with Crippen LogP contribution in [-0.4, -0.2) is 36.1 Å². The van der Waals surface area contributed by atoms with Gasteiger partial charge in [0.15, 0.2) is 0 Å². The predicted octanol–water partition coefficient (Wildman–Crippen LogP) is 4.11. The molecule has 0 aromatic rings. The number of carbonyl (C=O) groups excluding carboxylic acids is 1. The van der Waals surface area contributed by atoms with Gasteiger partial charge in [0, 0.05) is 18.6 Å². The SMILES string of the molecule is CCCC(C)(C(=O)OCCN(C(C)C)C(C)C)C(C)C. The summed E-state index contributed by atoms with van der Waals surface area (Å²) in [7, 11) is 0. The Morgan fingerprint density at radius 3 is 1.95 bits per heavy atom. The van der Waals surface area contributed by atoms with Gasteiger partial charge in [0.05, 0.1) is 5.41 Å².